The highest BCUT2D eigenvalue weighted by Crippen LogP contribution is 2.40. The van der Waals surface area contributed by atoms with Crippen LogP contribution in [-0.2, 0) is 6.61 Å². The molecule has 0 aliphatic rings. The van der Waals surface area contributed by atoms with Crippen LogP contribution in [0, 0.1) is 6.92 Å². The number of carbonyl (C=O) groups excluding carboxylic acids is 1. The minimum Gasteiger partial charge on any atom is -0.507 e. The molecule has 3 rings (SSSR count). The van der Waals surface area contributed by atoms with Crippen LogP contribution in [0.5, 0.6) is 28.7 Å². The van der Waals surface area contributed by atoms with Gasteiger partial charge in [-0.1, -0.05) is 43.3 Å². The number of methoxy groups -OCH3 is 3. The second-order valence-corrected chi connectivity index (χ2v) is 7.40. The number of hydrogen-bond donors (Lipinski definition) is 1. The minimum absolute atomic E-state index is 0.161. The predicted molar refractivity (Wildman–Crippen MR) is 122 cm³/mol. The van der Waals surface area contributed by atoms with Crippen LogP contribution < -0.4 is 18.9 Å². The largest absolute Gasteiger partial charge is 0.507 e. The number of phenolic OH excluding ortho intramolecular Hbond substituents is 1. The lowest BCUT2D eigenvalue weighted by Gasteiger charge is -2.20. The van der Waals surface area contributed by atoms with Gasteiger partial charge in [-0.05, 0) is 35.7 Å². The van der Waals surface area contributed by atoms with E-state index in [1.165, 1.54) is 26.4 Å². The Bertz CT molecular complexity index is 1090. The van der Waals surface area contributed by atoms with Crippen molar-refractivity contribution < 1.29 is 28.8 Å². The van der Waals surface area contributed by atoms with Gasteiger partial charge in [0.2, 0.25) is 0 Å². The molecule has 0 bridgehead atoms. The van der Waals surface area contributed by atoms with Gasteiger partial charge in [-0.3, -0.25) is 4.79 Å². The van der Waals surface area contributed by atoms with E-state index in [-0.39, 0.29) is 17.1 Å². The summed E-state index contributed by atoms with van der Waals surface area (Å²) in [4.78, 5) is 13.3. The SMILES string of the molecule is COc1cc(O)c(C(=O)C(C)c2ccc(OC)c(OCc3ccccc3)c2C)cc1OC. The first-order valence-electron chi connectivity index (χ1n) is 10.2. The van der Waals surface area contributed by atoms with Crippen LogP contribution in [0.3, 0.4) is 0 Å². The van der Waals surface area contributed by atoms with E-state index in [0.29, 0.717) is 29.6 Å². The van der Waals surface area contributed by atoms with Crippen LogP contribution in [0.2, 0.25) is 0 Å². The third kappa shape index (κ3) is 4.64. The molecule has 0 heterocycles. The van der Waals surface area contributed by atoms with E-state index in [1.807, 2.05) is 43.3 Å². The van der Waals surface area contributed by atoms with E-state index >= 15 is 0 Å². The molecular weight excluding hydrogens is 408 g/mol. The van der Waals surface area contributed by atoms with Crippen molar-refractivity contribution >= 4 is 5.78 Å². The van der Waals surface area contributed by atoms with Gasteiger partial charge in [0.15, 0.2) is 28.8 Å². The molecule has 1 atom stereocenters. The zero-order valence-electron chi connectivity index (χ0n) is 19.0. The van der Waals surface area contributed by atoms with Crippen molar-refractivity contribution in [2.24, 2.45) is 0 Å². The molecule has 0 saturated heterocycles. The van der Waals surface area contributed by atoms with Crippen molar-refractivity contribution in [1.29, 1.82) is 0 Å². The second kappa shape index (κ2) is 10.1. The summed E-state index contributed by atoms with van der Waals surface area (Å²) in [6, 6.07) is 16.4. The lowest BCUT2D eigenvalue weighted by Crippen LogP contribution is -2.13. The molecule has 0 aliphatic heterocycles. The van der Waals surface area contributed by atoms with Crippen molar-refractivity contribution in [3.63, 3.8) is 0 Å². The number of carbonyl (C=O) groups is 1. The number of phenols is 1. The molecule has 3 aromatic carbocycles. The van der Waals surface area contributed by atoms with E-state index in [9.17, 15) is 9.90 Å². The average molecular weight is 437 g/mol. The van der Waals surface area contributed by atoms with Crippen LogP contribution in [0.15, 0.2) is 54.6 Å². The molecule has 0 fully saturated rings. The zero-order valence-corrected chi connectivity index (χ0v) is 19.0. The number of rotatable bonds is 9. The van der Waals surface area contributed by atoms with Crippen molar-refractivity contribution in [1.82, 2.24) is 0 Å². The van der Waals surface area contributed by atoms with Crippen LogP contribution in [0.1, 0.15) is 39.9 Å². The normalized spacial score (nSPS) is 11.5. The Morgan fingerprint density at radius 2 is 1.53 bits per heavy atom. The first-order chi connectivity index (χ1) is 15.4. The molecule has 0 amide bonds. The Balaban J connectivity index is 1.94. The highest BCUT2D eigenvalue weighted by molar-refractivity contribution is 6.03. The Hall–Kier alpha value is -3.67. The third-order valence-electron chi connectivity index (χ3n) is 5.48. The topological polar surface area (TPSA) is 74.2 Å². The predicted octanol–water partition coefficient (Wildman–Crippen LogP) is 5.29. The molecule has 0 radical (unpaired) electrons. The summed E-state index contributed by atoms with van der Waals surface area (Å²) in [6.07, 6.45) is 0. The van der Waals surface area contributed by atoms with Gasteiger partial charge >= 0.3 is 0 Å². The van der Waals surface area contributed by atoms with E-state index in [0.717, 1.165) is 16.7 Å². The molecule has 1 unspecified atom stereocenters. The minimum atomic E-state index is -0.538. The van der Waals surface area contributed by atoms with Gasteiger partial charge in [0.25, 0.3) is 0 Å². The number of benzene rings is 3. The highest BCUT2D eigenvalue weighted by Gasteiger charge is 2.26. The van der Waals surface area contributed by atoms with Crippen LogP contribution in [0.4, 0.5) is 0 Å². The Labute approximate surface area is 188 Å². The lowest BCUT2D eigenvalue weighted by molar-refractivity contribution is 0.0962. The van der Waals surface area contributed by atoms with Gasteiger partial charge < -0.3 is 24.1 Å². The molecule has 0 saturated carbocycles. The number of Topliss-reactive ketones (excluding diaryl/α,β-unsaturated/α-hetero) is 1. The maximum atomic E-state index is 13.3. The molecule has 32 heavy (non-hydrogen) atoms. The van der Waals surface area contributed by atoms with E-state index in [1.54, 1.807) is 20.1 Å². The summed E-state index contributed by atoms with van der Waals surface area (Å²) in [5.74, 6) is 0.965. The molecular formula is C26H28O6. The van der Waals surface area contributed by atoms with Gasteiger partial charge in [0, 0.05) is 12.0 Å². The molecule has 0 aromatic heterocycles. The van der Waals surface area contributed by atoms with Crippen molar-refractivity contribution in [2.45, 2.75) is 26.4 Å². The molecule has 0 aliphatic carbocycles. The van der Waals surface area contributed by atoms with Gasteiger partial charge in [0.05, 0.1) is 26.9 Å². The maximum Gasteiger partial charge on any atom is 0.173 e. The van der Waals surface area contributed by atoms with Crippen LogP contribution in [0.25, 0.3) is 0 Å². The fourth-order valence-corrected chi connectivity index (χ4v) is 3.66. The van der Waals surface area contributed by atoms with Crippen LogP contribution in [-0.4, -0.2) is 32.2 Å². The Morgan fingerprint density at radius 3 is 2.16 bits per heavy atom. The summed E-state index contributed by atoms with van der Waals surface area (Å²) < 4.78 is 22.1. The van der Waals surface area contributed by atoms with Crippen molar-refractivity contribution in [2.75, 3.05) is 21.3 Å². The van der Waals surface area contributed by atoms with Crippen molar-refractivity contribution in [3.8, 4) is 28.7 Å². The highest BCUT2D eigenvalue weighted by atomic mass is 16.5. The number of aromatic hydroxyl groups is 1. The first kappa shape index (κ1) is 23.0. The molecule has 168 valence electrons. The fraction of sp³-hybridized carbons (Fsp3) is 0.269. The summed E-state index contributed by atoms with van der Waals surface area (Å²) in [6.45, 7) is 4.07. The summed E-state index contributed by atoms with van der Waals surface area (Å²) >= 11 is 0. The summed E-state index contributed by atoms with van der Waals surface area (Å²) in [5, 5.41) is 10.4. The van der Waals surface area contributed by atoms with Gasteiger partial charge in [-0.15, -0.1) is 0 Å². The molecule has 3 aromatic rings. The number of ketones is 1. The number of hydrogen-bond acceptors (Lipinski definition) is 6. The molecule has 1 N–H and O–H groups in total. The molecule has 0 spiro atoms. The summed E-state index contributed by atoms with van der Waals surface area (Å²) in [7, 11) is 4.54. The number of ether oxygens (including phenoxy) is 4. The van der Waals surface area contributed by atoms with E-state index < -0.39 is 5.92 Å². The molecule has 6 nitrogen and oxygen atoms in total. The third-order valence-corrected chi connectivity index (χ3v) is 5.48. The van der Waals surface area contributed by atoms with E-state index in [4.69, 9.17) is 18.9 Å². The Kier molecular flexibility index (Phi) is 7.25. The second-order valence-electron chi connectivity index (χ2n) is 7.40. The van der Waals surface area contributed by atoms with E-state index in [2.05, 4.69) is 0 Å². The van der Waals surface area contributed by atoms with Gasteiger partial charge in [0.1, 0.15) is 12.4 Å². The van der Waals surface area contributed by atoms with Gasteiger partial charge in [-0.25, -0.2) is 0 Å². The smallest absolute Gasteiger partial charge is 0.173 e. The molecule has 6 heteroatoms. The fourth-order valence-electron chi connectivity index (χ4n) is 3.66. The Morgan fingerprint density at radius 1 is 0.906 bits per heavy atom. The summed E-state index contributed by atoms with van der Waals surface area (Å²) in [5.41, 5.74) is 2.78. The lowest BCUT2D eigenvalue weighted by atomic mass is 9.88. The van der Waals surface area contributed by atoms with Gasteiger partial charge in [-0.2, -0.15) is 0 Å². The standard InChI is InChI=1S/C26H28O6/c1-16(25(28)20-13-23(30-4)24(31-5)14-21(20)27)19-11-12-22(29-3)26(17(19)2)32-15-18-9-7-6-8-10-18/h6-14,16,27H,15H2,1-5H3. The average Bonchev–Trinajstić information content (AvgIpc) is 2.82. The maximum absolute atomic E-state index is 13.3. The zero-order chi connectivity index (χ0) is 23.3. The monoisotopic (exact) mass is 436 g/mol. The first-order valence-corrected chi connectivity index (χ1v) is 10.2. The van der Waals surface area contributed by atoms with Crippen molar-refractivity contribution in [3.05, 3.63) is 76.9 Å². The van der Waals surface area contributed by atoms with Crippen LogP contribution >= 0.6 is 0 Å². The quantitative estimate of drug-likeness (QED) is 0.459.